The largest absolute Gasteiger partial charge is 0.491 e. The zero-order valence-electron chi connectivity index (χ0n) is 18.5. The van der Waals surface area contributed by atoms with E-state index in [1.807, 2.05) is 13.8 Å². The molecule has 4 nitrogen and oxygen atoms in total. The van der Waals surface area contributed by atoms with Crippen LogP contribution in [0.5, 0.6) is 5.75 Å². The second-order valence-electron chi connectivity index (χ2n) is 7.96. The summed E-state index contributed by atoms with van der Waals surface area (Å²) < 4.78 is 17.1. The molecule has 0 bridgehead atoms. The second kappa shape index (κ2) is 15.8. The number of aliphatic hydroxyl groups is 1. The van der Waals surface area contributed by atoms with Crippen LogP contribution in [0.25, 0.3) is 0 Å². The van der Waals surface area contributed by atoms with Crippen molar-refractivity contribution in [2.75, 3.05) is 19.8 Å². The molecule has 0 amide bonds. The van der Waals surface area contributed by atoms with Crippen LogP contribution in [0.2, 0.25) is 0 Å². The van der Waals surface area contributed by atoms with E-state index < -0.39 is 6.10 Å². The summed E-state index contributed by atoms with van der Waals surface area (Å²) in [6.07, 6.45) is 10.1. The lowest BCUT2D eigenvalue weighted by Crippen LogP contribution is -2.26. The van der Waals surface area contributed by atoms with Crippen LogP contribution in [0.15, 0.2) is 24.3 Å². The van der Waals surface area contributed by atoms with Gasteiger partial charge in [-0.05, 0) is 51.3 Å². The molecule has 1 N–H and O–H groups in total. The molecule has 1 aromatic carbocycles. The normalized spacial score (nSPS) is 14.6. The SMILES string of the molecule is CCCCCCCCCc1ccc(OCC(C)OCC(C)OCC(C)O)cc1. The van der Waals surface area contributed by atoms with Gasteiger partial charge in [0.1, 0.15) is 12.4 Å². The molecule has 28 heavy (non-hydrogen) atoms. The molecule has 0 aromatic heterocycles. The Morgan fingerprint density at radius 2 is 1.32 bits per heavy atom. The molecule has 0 aliphatic carbocycles. The van der Waals surface area contributed by atoms with Gasteiger partial charge in [-0.15, -0.1) is 0 Å². The van der Waals surface area contributed by atoms with E-state index in [0.717, 1.165) is 12.2 Å². The predicted molar refractivity (Wildman–Crippen MR) is 116 cm³/mol. The number of aliphatic hydroxyl groups excluding tert-OH is 1. The molecule has 0 heterocycles. The van der Waals surface area contributed by atoms with Crippen molar-refractivity contribution in [1.82, 2.24) is 0 Å². The fourth-order valence-electron chi connectivity index (χ4n) is 2.95. The minimum Gasteiger partial charge on any atom is -0.491 e. The van der Waals surface area contributed by atoms with Gasteiger partial charge in [-0.2, -0.15) is 0 Å². The Hall–Kier alpha value is -1.10. The summed E-state index contributed by atoms with van der Waals surface area (Å²) in [5.41, 5.74) is 1.38. The zero-order valence-corrected chi connectivity index (χ0v) is 18.5. The minimum absolute atomic E-state index is 0.00927. The summed E-state index contributed by atoms with van der Waals surface area (Å²) in [6, 6.07) is 8.45. The van der Waals surface area contributed by atoms with Gasteiger partial charge >= 0.3 is 0 Å². The fraction of sp³-hybridized carbons (Fsp3) is 0.750. The molecule has 0 fully saturated rings. The first-order valence-corrected chi connectivity index (χ1v) is 11.1. The molecule has 0 saturated carbocycles. The lowest BCUT2D eigenvalue weighted by Gasteiger charge is -2.18. The van der Waals surface area contributed by atoms with Gasteiger partial charge in [0.05, 0.1) is 31.5 Å². The summed E-state index contributed by atoms with van der Waals surface area (Å²) in [7, 11) is 0. The molecule has 1 rings (SSSR count). The first kappa shape index (κ1) is 24.9. The van der Waals surface area contributed by atoms with Crippen molar-refractivity contribution in [2.45, 2.75) is 97.4 Å². The van der Waals surface area contributed by atoms with Crippen LogP contribution in [0.1, 0.15) is 78.2 Å². The van der Waals surface area contributed by atoms with Crippen molar-refractivity contribution in [1.29, 1.82) is 0 Å². The summed E-state index contributed by atoms with van der Waals surface area (Å²) in [6.45, 7) is 9.26. The Morgan fingerprint density at radius 1 is 0.750 bits per heavy atom. The van der Waals surface area contributed by atoms with Gasteiger partial charge in [0, 0.05) is 0 Å². The highest BCUT2D eigenvalue weighted by molar-refractivity contribution is 5.27. The topological polar surface area (TPSA) is 47.9 Å². The number of hydrogen-bond donors (Lipinski definition) is 1. The predicted octanol–water partition coefficient (Wildman–Crippen LogP) is 5.55. The quantitative estimate of drug-likeness (QED) is 0.352. The van der Waals surface area contributed by atoms with Crippen LogP contribution in [0, 0.1) is 0 Å². The maximum Gasteiger partial charge on any atom is 0.119 e. The highest BCUT2D eigenvalue weighted by Gasteiger charge is 2.09. The van der Waals surface area contributed by atoms with E-state index in [2.05, 4.69) is 31.2 Å². The first-order valence-electron chi connectivity index (χ1n) is 11.1. The van der Waals surface area contributed by atoms with Crippen LogP contribution in [-0.2, 0) is 15.9 Å². The summed E-state index contributed by atoms with van der Waals surface area (Å²) in [4.78, 5) is 0. The van der Waals surface area contributed by atoms with E-state index in [-0.39, 0.29) is 12.2 Å². The van der Waals surface area contributed by atoms with Gasteiger partial charge in [-0.25, -0.2) is 0 Å². The third kappa shape index (κ3) is 13.1. The van der Waals surface area contributed by atoms with Crippen molar-refractivity contribution >= 4 is 0 Å². The van der Waals surface area contributed by atoms with E-state index in [0.29, 0.717) is 19.8 Å². The zero-order chi connectivity index (χ0) is 20.6. The van der Waals surface area contributed by atoms with Crippen molar-refractivity contribution < 1.29 is 19.3 Å². The van der Waals surface area contributed by atoms with Crippen molar-refractivity contribution in [3.05, 3.63) is 29.8 Å². The molecule has 3 atom stereocenters. The number of hydrogen-bond acceptors (Lipinski definition) is 4. The second-order valence-corrected chi connectivity index (χ2v) is 7.96. The summed E-state index contributed by atoms with van der Waals surface area (Å²) >= 11 is 0. The molecule has 0 aliphatic heterocycles. The Morgan fingerprint density at radius 3 is 1.96 bits per heavy atom. The number of aryl methyl sites for hydroxylation is 1. The van der Waals surface area contributed by atoms with Gasteiger partial charge in [0.15, 0.2) is 0 Å². The lowest BCUT2D eigenvalue weighted by molar-refractivity contribution is -0.0599. The molecule has 1 aromatic rings. The summed E-state index contributed by atoms with van der Waals surface area (Å²) in [5.74, 6) is 0.886. The highest BCUT2D eigenvalue weighted by Crippen LogP contribution is 2.16. The van der Waals surface area contributed by atoms with Crippen LogP contribution in [-0.4, -0.2) is 43.2 Å². The van der Waals surface area contributed by atoms with E-state index >= 15 is 0 Å². The average molecular weight is 395 g/mol. The molecule has 0 saturated heterocycles. The van der Waals surface area contributed by atoms with Crippen LogP contribution >= 0.6 is 0 Å². The third-order valence-corrected chi connectivity index (χ3v) is 4.71. The molecular weight excluding hydrogens is 352 g/mol. The van der Waals surface area contributed by atoms with E-state index in [4.69, 9.17) is 14.2 Å². The third-order valence-electron chi connectivity index (χ3n) is 4.71. The Bertz CT molecular complexity index is 472. The van der Waals surface area contributed by atoms with Gasteiger partial charge in [0.2, 0.25) is 0 Å². The molecule has 3 unspecified atom stereocenters. The van der Waals surface area contributed by atoms with Crippen molar-refractivity contribution in [2.24, 2.45) is 0 Å². The van der Waals surface area contributed by atoms with Crippen LogP contribution in [0.4, 0.5) is 0 Å². The standard InChI is InChI=1S/C24H42O4/c1-5-6-7-8-9-10-11-12-23-13-15-24(16-14-23)28-19-22(4)27-18-21(3)26-17-20(2)25/h13-16,20-22,25H,5-12,17-19H2,1-4H3. The van der Waals surface area contributed by atoms with E-state index in [1.54, 1.807) is 6.92 Å². The smallest absolute Gasteiger partial charge is 0.119 e. The Kier molecular flexibility index (Phi) is 14.1. The number of unbranched alkanes of at least 4 members (excludes halogenated alkanes) is 6. The van der Waals surface area contributed by atoms with Gasteiger partial charge < -0.3 is 19.3 Å². The minimum atomic E-state index is -0.447. The van der Waals surface area contributed by atoms with E-state index in [9.17, 15) is 5.11 Å². The maximum atomic E-state index is 9.22. The average Bonchev–Trinajstić information content (AvgIpc) is 2.69. The number of rotatable bonds is 17. The summed E-state index contributed by atoms with van der Waals surface area (Å²) in [5, 5.41) is 9.22. The van der Waals surface area contributed by atoms with Gasteiger partial charge in [0.25, 0.3) is 0 Å². The lowest BCUT2D eigenvalue weighted by atomic mass is 10.0. The monoisotopic (exact) mass is 394 g/mol. The molecular formula is C24H42O4. The molecule has 0 aliphatic rings. The van der Waals surface area contributed by atoms with Gasteiger partial charge in [-0.1, -0.05) is 57.6 Å². The van der Waals surface area contributed by atoms with Crippen molar-refractivity contribution in [3.8, 4) is 5.75 Å². The maximum absolute atomic E-state index is 9.22. The highest BCUT2D eigenvalue weighted by atomic mass is 16.6. The Balaban J connectivity index is 2.13. The molecule has 0 radical (unpaired) electrons. The van der Waals surface area contributed by atoms with Gasteiger partial charge in [-0.3, -0.25) is 0 Å². The molecule has 4 heteroatoms. The molecule has 0 spiro atoms. The number of ether oxygens (including phenoxy) is 3. The van der Waals surface area contributed by atoms with Crippen molar-refractivity contribution in [3.63, 3.8) is 0 Å². The molecule has 162 valence electrons. The van der Waals surface area contributed by atoms with Crippen LogP contribution in [0.3, 0.4) is 0 Å². The number of benzene rings is 1. The fourth-order valence-corrected chi connectivity index (χ4v) is 2.95. The van der Waals surface area contributed by atoms with Crippen LogP contribution < -0.4 is 4.74 Å². The van der Waals surface area contributed by atoms with E-state index in [1.165, 1.54) is 50.5 Å². The first-order chi connectivity index (χ1) is 13.5. The Labute approximate surface area is 172 Å².